The molecule has 33 heavy (non-hydrogen) atoms. The predicted octanol–water partition coefficient (Wildman–Crippen LogP) is 8.74. The van der Waals surface area contributed by atoms with Crippen LogP contribution in [0.15, 0.2) is 36.4 Å². The zero-order chi connectivity index (χ0) is 23.2. The summed E-state index contributed by atoms with van der Waals surface area (Å²) in [5.74, 6) is 0.692. The van der Waals surface area contributed by atoms with Crippen molar-refractivity contribution < 1.29 is 13.5 Å². The Morgan fingerprint density at radius 3 is 2.06 bits per heavy atom. The minimum Gasteiger partial charge on any atom is -0.494 e. The van der Waals surface area contributed by atoms with Gasteiger partial charge in [0, 0.05) is 14.4 Å². The number of ether oxygens (including phenoxy) is 1. The lowest BCUT2D eigenvalue weighted by Gasteiger charge is -2.32. The van der Waals surface area contributed by atoms with Gasteiger partial charge in [-0.05, 0) is 66.7 Å². The van der Waals surface area contributed by atoms with Gasteiger partial charge in [-0.25, -0.2) is 4.39 Å². The Hall–Kier alpha value is -1.68. The van der Waals surface area contributed by atoms with E-state index in [0.717, 1.165) is 11.8 Å². The molecule has 0 aromatic heterocycles. The Kier molecular flexibility index (Phi) is 8.62. The summed E-state index contributed by atoms with van der Waals surface area (Å²) < 4.78 is 33.4. The van der Waals surface area contributed by atoms with Crippen LogP contribution in [0.1, 0.15) is 76.2 Å². The summed E-state index contributed by atoms with van der Waals surface area (Å²) in [5.41, 5.74) is 2.34. The van der Waals surface area contributed by atoms with Crippen molar-refractivity contribution in [2.24, 2.45) is 11.8 Å². The Labute approximate surface area is 200 Å². The Morgan fingerprint density at radius 1 is 0.818 bits per heavy atom. The summed E-state index contributed by atoms with van der Waals surface area (Å²) >= 11 is 0. The van der Waals surface area contributed by atoms with Gasteiger partial charge in [-0.1, -0.05) is 81.4 Å². The zero-order valence-electron chi connectivity index (χ0n) is 20.4. The molecule has 180 valence electrons. The predicted molar refractivity (Wildman–Crippen MR) is 137 cm³/mol. The van der Waals surface area contributed by atoms with Crippen molar-refractivity contribution in [1.29, 1.82) is 0 Å². The van der Waals surface area contributed by atoms with Crippen molar-refractivity contribution in [3.63, 3.8) is 0 Å². The van der Waals surface area contributed by atoms with E-state index in [1.807, 2.05) is 12.1 Å². The molecule has 1 nitrogen and oxygen atoms in total. The van der Waals surface area contributed by atoms with Crippen LogP contribution in [0.3, 0.4) is 0 Å². The lowest BCUT2D eigenvalue weighted by atomic mass is 9.76. The maximum Gasteiger partial charge on any atom is 0.201 e. The number of benzene rings is 2. The highest BCUT2D eigenvalue weighted by molar-refractivity contribution is 6.58. The normalized spacial score (nSPS) is 25.7. The second kappa shape index (κ2) is 11.6. The van der Waals surface area contributed by atoms with E-state index in [1.165, 1.54) is 76.5 Å². The van der Waals surface area contributed by atoms with Gasteiger partial charge in [0.1, 0.15) is 0 Å². The van der Waals surface area contributed by atoms with Crippen LogP contribution in [0.25, 0.3) is 11.1 Å². The molecule has 2 aliphatic rings. The van der Waals surface area contributed by atoms with Gasteiger partial charge in [-0.15, -0.1) is 0 Å². The summed E-state index contributed by atoms with van der Waals surface area (Å²) in [4.78, 5) is 0. The molecule has 1 aliphatic carbocycles. The lowest BCUT2D eigenvalue weighted by Crippen LogP contribution is -2.22. The molecule has 4 rings (SSSR count). The average Bonchev–Trinajstić information content (AvgIpc) is 2.86. The molecule has 0 unspecified atom stereocenters. The summed E-state index contributed by atoms with van der Waals surface area (Å²) in [6, 6.07) is 16.0. The van der Waals surface area contributed by atoms with Crippen LogP contribution in [0.2, 0.25) is 18.1 Å². The summed E-state index contributed by atoms with van der Waals surface area (Å²) in [6.07, 6.45) is 12.5. The number of halogens is 2. The van der Waals surface area contributed by atoms with Crippen molar-refractivity contribution >= 4 is 8.80 Å². The average molecular weight is 471 g/mol. The highest BCUT2D eigenvalue weighted by Gasteiger charge is 2.25. The Balaban J connectivity index is 1.25. The molecule has 1 heterocycles. The molecule has 4 heteroatoms. The van der Waals surface area contributed by atoms with E-state index in [9.17, 15) is 8.78 Å². The van der Waals surface area contributed by atoms with Crippen LogP contribution >= 0.6 is 0 Å². The molecular formula is C29H40F2OSi. The fourth-order valence-corrected chi connectivity index (χ4v) is 9.89. The third-order valence-electron chi connectivity index (χ3n) is 8.45. The number of methoxy groups -OCH3 is 1. The standard InChI is InChI=1S/C29H40F2OSi/c1-3-18-33-19-16-22(17-20-33)5-4-21-6-8-23(9-7-21)24-10-12-25(13-11-24)26-14-15-27(32-2)29(31)28(26)30/h10-15,21-23,33H,3-9,16-20H2,1-2H3/t21-,22-,23-,33-. The first-order chi connectivity index (χ1) is 16.1. The van der Waals surface area contributed by atoms with Gasteiger partial charge in [-0.3, -0.25) is 0 Å². The summed E-state index contributed by atoms with van der Waals surface area (Å²) in [6.45, 7) is 2.35. The summed E-state index contributed by atoms with van der Waals surface area (Å²) in [5, 5.41) is 0. The highest BCUT2D eigenvalue weighted by atomic mass is 28.3. The van der Waals surface area contributed by atoms with Crippen LogP contribution in [-0.4, -0.2) is 15.9 Å². The maximum absolute atomic E-state index is 14.4. The molecule has 2 aromatic carbocycles. The third kappa shape index (κ3) is 6.06. The van der Waals surface area contributed by atoms with E-state index >= 15 is 0 Å². The molecule has 2 aromatic rings. The summed E-state index contributed by atoms with van der Waals surface area (Å²) in [7, 11) is 1.00. The molecule has 0 bridgehead atoms. The lowest BCUT2D eigenvalue weighted by molar-refractivity contribution is 0.280. The van der Waals surface area contributed by atoms with Crippen molar-refractivity contribution in [3.05, 3.63) is 53.6 Å². The van der Waals surface area contributed by atoms with Crippen LogP contribution in [0.4, 0.5) is 8.78 Å². The van der Waals surface area contributed by atoms with E-state index in [2.05, 4.69) is 19.1 Å². The van der Waals surface area contributed by atoms with Crippen molar-refractivity contribution in [1.82, 2.24) is 0 Å². The van der Waals surface area contributed by atoms with Gasteiger partial charge < -0.3 is 4.74 Å². The van der Waals surface area contributed by atoms with Crippen LogP contribution in [0, 0.1) is 23.5 Å². The van der Waals surface area contributed by atoms with Crippen LogP contribution in [0.5, 0.6) is 5.75 Å². The smallest absolute Gasteiger partial charge is 0.201 e. The molecular weight excluding hydrogens is 430 g/mol. The van der Waals surface area contributed by atoms with E-state index in [4.69, 9.17) is 4.74 Å². The van der Waals surface area contributed by atoms with E-state index < -0.39 is 11.6 Å². The number of hydrogen-bond acceptors (Lipinski definition) is 1. The molecule has 0 atom stereocenters. The van der Waals surface area contributed by atoms with E-state index in [0.29, 0.717) is 11.5 Å². The minimum absolute atomic E-state index is 0.0596. The van der Waals surface area contributed by atoms with E-state index in [-0.39, 0.29) is 20.1 Å². The molecule has 0 spiro atoms. The molecule has 0 N–H and O–H groups in total. The molecule has 1 saturated heterocycles. The number of hydrogen-bond donors (Lipinski definition) is 0. The highest BCUT2D eigenvalue weighted by Crippen LogP contribution is 2.40. The van der Waals surface area contributed by atoms with E-state index in [1.54, 1.807) is 24.2 Å². The quantitative estimate of drug-likeness (QED) is 0.350. The van der Waals surface area contributed by atoms with Crippen molar-refractivity contribution in [2.45, 2.75) is 88.8 Å². The fraction of sp³-hybridized carbons (Fsp3) is 0.586. The SMILES string of the molecule is CCC[Si@H]1CC[C@H](CC[C@H]2CC[C@H](c3ccc(-c4ccc(OC)c(F)c4F)cc3)CC2)CC1. The second-order valence-electron chi connectivity index (χ2n) is 10.5. The van der Waals surface area contributed by atoms with Gasteiger partial charge in [0.05, 0.1) is 7.11 Å². The molecule has 1 aliphatic heterocycles. The molecule has 1 saturated carbocycles. The minimum atomic E-state index is -0.923. The molecule has 0 amide bonds. The third-order valence-corrected chi connectivity index (χ3v) is 12.1. The zero-order valence-corrected chi connectivity index (χ0v) is 21.6. The Bertz CT molecular complexity index is 881. The van der Waals surface area contributed by atoms with Gasteiger partial charge in [-0.2, -0.15) is 4.39 Å². The van der Waals surface area contributed by atoms with Gasteiger partial charge in [0.2, 0.25) is 5.82 Å². The van der Waals surface area contributed by atoms with Gasteiger partial charge >= 0.3 is 0 Å². The van der Waals surface area contributed by atoms with Crippen molar-refractivity contribution in [3.8, 4) is 16.9 Å². The van der Waals surface area contributed by atoms with Crippen LogP contribution < -0.4 is 4.74 Å². The molecule has 2 fully saturated rings. The maximum atomic E-state index is 14.4. The monoisotopic (exact) mass is 470 g/mol. The number of rotatable bonds is 8. The second-order valence-corrected chi connectivity index (χ2v) is 14.0. The largest absolute Gasteiger partial charge is 0.494 e. The van der Waals surface area contributed by atoms with Crippen molar-refractivity contribution in [2.75, 3.05) is 7.11 Å². The first-order valence-corrected chi connectivity index (χ1v) is 15.7. The topological polar surface area (TPSA) is 9.23 Å². The fourth-order valence-electron chi connectivity index (χ4n) is 6.32. The first kappa shape index (κ1) is 24.4. The molecule has 0 radical (unpaired) electrons. The Morgan fingerprint density at radius 2 is 1.45 bits per heavy atom. The van der Waals surface area contributed by atoms with Gasteiger partial charge in [0.25, 0.3) is 0 Å². The van der Waals surface area contributed by atoms with Crippen LogP contribution in [-0.2, 0) is 0 Å². The van der Waals surface area contributed by atoms with Gasteiger partial charge in [0.15, 0.2) is 11.6 Å². The first-order valence-electron chi connectivity index (χ1n) is 13.2.